The summed E-state index contributed by atoms with van der Waals surface area (Å²) >= 11 is 0. The van der Waals surface area contributed by atoms with Gasteiger partial charge in [-0.3, -0.25) is 4.79 Å². The monoisotopic (exact) mass is 421 g/mol. The molecule has 10 heteroatoms. The minimum atomic E-state index is -0.262. The molecule has 0 radical (unpaired) electrons. The molecule has 1 aromatic carbocycles. The largest absolute Gasteiger partial charge is 0.487 e. The van der Waals surface area contributed by atoms with Crippen LogP contribution in [0.3, 0.4) is 0 Å². The second-order valence-electron chi connectivity index (χ2n) is 6.95. The van der Waals surface area contributed by atoms with Crippen LogP contribution >= 0.6 is 0 Å². The quantitative estimate of drug-likeness (QED) is 0.237. The second kappa shape index (κ2) is 12.5. The minimum absolute atomic E-state index is 0.108. The fourth-order valence-electron chi connectivity index (χ4n) is 2.67. The lowest BCUT2D eigenvalue weighted by Gasteiger charge is -2.19. The molecule has 0 bridgehead atoms. The van der Waals surface area contributed by atoms with E-state index in [2.05, 4.69) is 12.2 Å². The summed E-state index contributed by atoms with van der Waals surface area (Å²) in [6.07, 6.45) is 5.72. The maximum absolute atomic E-state index is 12.3. The molecule has 9 N–H and O–H groups in total. The van der Waals surface area contributed by atoms with Crippen molar-refractivity contribution in [3.05, 3.63) is 47.1 Å². The van der Waals surface area contributed by atoms with Crippen LogP contribution in [0, 0.1) is 0 Å². The fraction of sp³-hybridized carbons (Fsp3) is 0.450. The molecule has 0 aliphatic heterocycles. The fourth-order valence-corrected chi connectivity index (χ4v) is 2.67. The molecule has 0 unspecified atom stereocenters. The number of nitrogens with two attached hydrogens (primary N) is 4. The van der Waals surface area contributed by atoms with Crippen LogP contribution < -0.4 is 37.9 Å². The zero-order valence-corrected chi connectivity index (χ0v) is 18.3. The zero-order chi connectivity index (χ0) is 22.7. The van der Waals surface area contributed by atoms with Gasteiger partial charge in [-0.05, 0) is 25.0 Å². The number of nitrogens with one attached hydrogen (secondary N) is 1. The van der Waals surface area contributed by atoms with E-state index in [0.29, 0.717) is 34.9 Å². The summed E-state index contributed by atoms with van der Waals surface area (Å²) in [4.78, 5) is 12.3. The van der Waals surface area contributed by atoms with Gasteiger partial charge in [-0.2, -0.15) is 0 Å². The summed E-state index contributed by atoms with van der Waals surface area (Å²) in [5, 5.41) is 5.30. The minimum Gasteiger partial charge on any atom is -0.487 e. The van der Waals surface area contributed by atoms with E-state index < -0.39 is 0 Å². The van der Waals surface area contributed by atoms with Crippen LogP contribution in [-0.4, -0.2) is 50.3 Å². The third kappa shape index (κ3) is 8.50. The van der Waals surface area contributed by atoms with E-state index >= 15 is 0 Å². The highest BCUT2D eigenvalue weighted by Gasteiger charge is 2.17. The smallest absolute Gasteiger partial charge is 0.251 e. The summed E-state index contributed by atoms with van der Waals surface area (Å²) in [5.74, 6) is 12.0. The number of benzene rings is 1. The van der Waals surface area contributed by atoms with Gasteiger partial charge in [-0.1, -0.05) is 13.3 Å². The number of carbonyl (C=O) groups is 1. The first-order valence-corrected chi connectivity index (χ1v) is 9.69. The Morgan fingerprint density at radius 1 is 1.03 bits per heavy atom. The molecule has 0 heterocycles. The first-order valence-electron chi connectivity index (χ1n) is 9.69. The van der Waals surface area contributed by atoms with Crippen LogP contribution in [0.2, 0.25) is 0 Å². The lowest BCUT2D eigenvalue weighted by atomic mass is 10.0. The molecule has 1 amide bonds. The van der Waals surface area contributed by atoms with Gasteiger partial charge < -0.3 is 36.3 Å². The van der Waals surface area contributed by atoms with E-state index in [0.717, 1.165) is 18.4 Å². The molecule has 10 nitrogen and oxygen atoms in total. The Morgan fingerprint density at radius 2 is 1.50 bits per heavy atom. The summed E-state index contributed by atoms with van der Waals surface area (Å²) in [7, 11) is 4.88. The van der Waals surface area contributed by atoms with Crippen molar-refractivity contribution in [2.45, 2.75) is 26.2 Å². The predicted octanol–water partition coefficient (Wildman–Crippen LogP) is 0.358. The molecule has 0 fully saturated rings. The second-order valence-corrected chi connectivity index (χ2v) is 6.95. The van der Waals surface area contributed by atoms with Gasteiger partial charge in [0.25, 0.3) is 5.91 Å². The molecular formula is C20H35N7O3. The normalized spacial score (nSPS) is 11.8. The Balaban J connectivity index is 3.30. The predicted molar refractivity (Wildman–Crippen MR) is 118 cm³/mol. The van der Waals surface area contributed by atoms with Gasteiger partial charge >= 0.3 is 0 Å². The first-order chi connectivity index (χ1) is 14.2. The molecule has 0 aliphatic carbocycles. The molecule has 0 saturated carbocycles. The first kappa shape index (κ1) is 24.9. The topological polar surface area (TPSA) is 158 Å². The molecule has 0 saturated heterocycles. The third-order valence-electron chi connectivity index (χ3n) is 3.97. The Bertz CT molecular complexity index is 712. The summed E-state index contributed by atoms with van der Waals surface area (Å²) in [6.45, 7) is 2.31. The Kier molecular flexibility index (Phi) is 10.3. The SMILES string of the molecule is CCCCc1c(OC/C(N)=C/N(C)N)cc(C(=O)NC)cc1OC/C(N)=C/N(C)N. The lowest BCUT2D eigenvalue weighted by molar-refractivity contribution is 0.0962. The number of hydrogen-bond donors (Lipinski definition) is 5. The number of unbranched alkanes of at least 4 members (excludes halogenated alkanes) is 1. The van der Waals surface area contributed by atoms with Crippen LogP contribution in [-0.2, 0) is 6.42 Å². The van der Waals surface area contributed by atoms with Gasteiger partial charge in [-0.25, -0.2) is 11.7 Å². The number of nitrogens with zero attached hydrogens (tertiary/aromatic N) is 2. The van der Waals surface area contributed by atoms with Crippen molar-refractivity contribution in [1.82, 2.24) is 15.3 Å². The third-order valence-corrected chi connectivity index (χ3v) is 3.97. The van der Waals surface area contributed by atoms with Crippen molar-refractivity contribution < 1.29 is 14.3 Å². The summed E-state index contributed by atoms with van der Waals surface area (Å²) < 4.78 is 11.9. The average Bonchev–Trinajstić information content (AvgIpc) is 2.67. The van der Waals surface area contributed by atoms with Crippen molar-refractivity contribution >= 4 is 5.91 Å². The Labute approximate surface area is 178 Å². The van der Waals surface area contributed by atoms with Gasteiger partial charge in [0.1, 0.15) is 24.7 Å². The number of ether oxygens (including phenoxy) is 2. The molecule has 30 heavy (non-hydrogen) atoms. The summed E-state index contributed by atoms with van der Waals surface area (Å²) in [5.41, 5.74) is 14.0. The van der Waals surface area contributed by atoms with E-state index in [9.17, 15) is 4.79 Å². The van der Waals surface area contributed by atoms with E-state index in [1.165, 1.54) is 10.0 Å². The van der Waals surface area contributed by atoms with Gasteiger partial charge in [0, 0.05) is 44.7 Å². The molecule has 0 aromatic heterocycles. The van der Waals surface area contributed by atoms with Gasteiger partial charge in [0.2, 0.25) is 0 Å². The molecule has 0 spiro atoms. The number of carbonyl (C=O) groups excluding carboxylic acids is 1. The van der Waals surface area contributed by atoms with Gasteiger partial charge in [0.05, 0.1) is 11.4 Å². The van der Waals surface area contributed by atoms with Crippen molar-refractivity contribution in [2.75, 3.05) is 34.4 Å². The van der Waals surface area contributed by atoms with Crippen LogP contribution in [0.5, 0.6) is 11.5 Å². The van der Waals surface area contributed by atoms with Crippen LogP contribution in [0.1, 0.15) is 35.7 Å². The molecule has 0 aliphatic rings. The van der Waals surface area contributed by atoms with Crippen LogP contribution in [0.25, 0.3) is 0 Å². The Hall–Kier alpha value is -3.11. The van der Waals surface area contributed by atoms with E-state index in [-0.39, 0.29) is 19.1 Å². The molecule has 1 rings (SSSR count). The van der Waals surface area contributed by atoms with Crippen molar-refractivity contribution in [2.24, 2.45) is 23.2 Å². The maximum atomic E-state index is 12.3. The highest BCUT2D eigenvalue weighted by Crippen LogP contribution is 2.33. The standard InChI is InChI=1S/C20H35N7O3/c1-5-6-7-17-18(29-12-15(21)10-26(3)23)8-14(20(28)25-2)9-19(17)30-13-16(22)11-27(4)24/h8-11H,5-7,12-13,21-24H2,1-4H3,(H,25,28)/b15-10-,16-11-. The molecule has 168 valence electrons. The maximum Gasteiger partial charge on any atom is 0.251 e. The van der Waals surface area contributed by atoms with E-state index in [1.807, 2.05) is 0 Å². The van der Waals surface area contributed by atoms with E-state index in [1.54, 1.807) is 45.7 Å². The highest BCUT2D eigenvalue weighted by molar-refractivity contribution is 5.95. The molecule has 1 aromatic rings. The number of hydrazine groups is 2. The van der Waals surface area contributed by atoms with Gasteiger partial charge in [0.15, 0.2) is 0 Å². The highest BCUT2D eigenvalue weighted by atomic mass is 16.5. The molecule has 0 atom stereocenters. The van der Waals surface area contributed by atoms with Crippen molar-refractivity contribution in [3.8, 4) is 11.5 Å². The Morgan fingerprint density at radius 3 is 1.87 bits per heavy atom. The van der Waals surface area contributed by atoms with Crippen LogP contribution in [0.15, 0.2) is 35.9 Å². The van der Waals surface area contributed by atoms with E-state index in [4.69, 9.17) is 32.6 Å². The number of amides is 1. The van der Waals surface area contributed by atoms with Crippen molar-refractivity contribution in [1.29, 1.82) is 0 Å². The summed E-state index contributed by atoms with van der Waals surface area (Å²) in [6, 6.07) is 3.37. The van der Waals surface area contributed by atoms with Gasteiger partial charge in [-0.15, -0.1) is 0 Å². The number of hydrogen-bond acceptors (Lipinski definition) is 9. The van der Waals surface area contributed by atoms with Crippen LogP contribution in [0.4, 0.5) is 0 Å². The lowest BCUT2D eigenvalue weighted by Crippen LogP contribution is -2.23. The number of rotatable bonds is 12. The van der Waals surface area contributed by atoms with Crippen molar-refractivity contribution in [3.63, 3.8) is 0 Å². The zero-order valence-electron chi connectivity index (χ0n) is 18.3. The molecular weight excluding hydrogens is 386 g/mol. The average molecular weight is 422 g/mol.